The zero-order chi connectivity index (χ0) is 18.4. The molecule has 2 atom stereocenters. The molecule has 0 unspecified atom stereocenters. The summed E-state index contributed by atoms with van der Waals surface area (Å²) in [5.41, 5.74) is 0.883. The fourth-order valence-corrected chi connectivity index (χ4v) is 2.37. The number of aliphatic hydroxyl groups excluding tert-OH is 1. The number of hydrogen-bond donors (Lipinski definition) is 2. The lowest BCUT2D eigenvalue weighted by Gasteiger charge is -2.27. The Morgan fingerprint density at radius 2 is 1.64 bits per heavy atom. The van der Waals surface area contributed by atoms with Crippen molar-refractivity contribution in [3.05, 3.63) is 60.2 Å². The van der Waals surface area contributed by atoms with Gasteiger partial charge in [-0.3, -0.25) is 0 Å². The van der Waals surface area contributed by atoms with Crippen molar-refractivity contribution in [3.63, 3.8) is 0 Å². The summed E-state index contributed by atoms with van der Waals surface area (Å²) in [6, 6.07) is 16.0. The minimum Gasteiger partial charge on any atom is -0.497 e. The van der Waals surface area contributed by atoms with Crippen LogP contribution >= 0.6 is 0 Å². The summed E-state index contributed by atoms with van der Waals surface area (Å²) in [7, 11) is 1.60. The molecule has 2 N–H and O–H groups in total. The van der Waals surface area contributed by atoms with Crippen molar-refractivity contribution < 1.29 is 19.4 Å². The van der Waals surface area contributed by atoms with Crippen molar-refractivity contribution in [2.24, 2.45) is 0 Å². The van der Waals surface area contributed by atoms with Crippen LogP contribution in [0, 0.1) is 0 Å². The highest BCUT2D eigenvalue weighted by Crippen LogP contribution is 2.26. The molecule has 134 valence electrons. The number of hydrogen-bond acceptors (Lipinski definition) is 5. The van der Waals surface area contributed by atoms with Crippen LogP contribution in [0.5, 0.6) is 5.75 Å². The summed E-state index contributed by atoms with van der Waals surface area (Å²) in [6.45, 7) is 5.31. The Morgan fingerprint density at radius 3 is 2.16 bits per heavy atom. The van der Waals surface area contributed by atoms with Crippen LogP contribution in [0.2, 0.25) is 0 Å². The number of esters is 1. The monoisotopic (exact) mass is 343 g/mol. The van der Waals surface area contributed by atoms with E-state index in [1.807, 2.05) is 54.6 Å². The lowest BCUT2D eigenvalue weighted by Crippen LogP contribution is -2.38. The van der Waals surface area contributed by atoms with Crippen LogP contribution in [0.15, 0.2) is 54.6 Å². The van der Waals surface area contributed by atoms with Gasteiger partial charge in [-0.2, -0.15) is 0 Å². The van der Waals surface area contributed by atoms with Gasteiger partial charge in [0.2, 0.25) is 0 Å². The number of nitrogens with one attached hydrogen (secondary N) is 1. The highest BCUT2D eigenvalue weighted by molar-refractivity contribution is 5.77. The largest absolute Gasteiger partial charge is 0.497 e. The smallest absolute Gasteiger partial charge is 0.338 e. The second kappa shape index (κ2) is 8.03. The van der Waals surface area contributed by atoms with Crippen LogP contribution in [-0.4, -0.2) is 29.9 Å². The number of carbonyl (C=O) groups excluding carboxylic acids is 1. The Bertz CT molecular complexity index is 677. The number of anilines is 1. The summed E-state index contributed by atoms with van der Waals surface area (Å²) in [5, 5.41) is 13.8. The van der Waals surface area contributed by atoms with E-state index in [-0.39, 0.29) is 0 Å². The average molecular weight is 343 g/mol. The third-order valence-electron chi connectivity index (χ3n) is 3.53. The number of aliphatic hydroxyl groups is 1. The Morgan fingerprint density at radius 1 is 1.04 bits per heavy atom. The lowest BCUT2D eigenvalue weighted by atomic mass is 10.0. The zero-order valence-corrected chi connectivity index (χ0v) is 15.0. The predicted molar refractivity (Wildman–Crippen MR) is 97.7 cm³/mol. The first kappa shape index (κ1) is 18.8. The van der Waals surface area contributed by atoms with E-state index in [1.165, 1.54) is 0 Å². The number of carbonyl (C=O) groups is 1. The van der Waals surface area contributed by atoms with E-state index < -0.39 is 23.7 Å². The molecule has 0 aliphatic heterocycles. The molecule has 5 nitrogen and oxygen atoms in total. The normalized spacial score (nSPS) is 13.6. The van der Waals surface area contributed by atoms with Gasteiger partial charge in [0.1, 0.15) is 11.4 Å². The van der Waals surface area contributed by atoms with E-state index in [0.717, 1.165) is 17.0 Å². The van der Waals surface area contributed by atoms with E-state index in [9.17, 15) is 9.90 Å². The highest BCUT2D eigenvalue weighted by atomic mass is 16.6. The Labute approximate surface area is 148 Å². The van der Waals surface area contributed by atoms with Crippen molar-refractivity contribution >= 4 is 11.7 Å². The summed E-state index contributed by atoms with van der Waals surface area (Å²) < 4.78 is 10.5. The number of ether oxygens (including phenoxy) is 2. The van der Waals surface area contributed by atoms with E-state index >= 15 is 0 Å². The molecule has 0 amide bonds. The van der Waals surface area contributed by atoms with Gasteiger partial charge in [-0.05, 0) is 50.6 Å². The predicted octanol–water partition coefficient (Wildman–Crippen LogP) is 3.55. The maximum absolute atomic E-state index is 12.3. The van der Waals surface area contributed by atoms with Gasteiger partial charge < -0.3 is 19.9 Å². The van der Waals surface area contributed by atoms with Crippen LogP contribution in [0.1, 0.15) is 32.4 Å². The van der Waals surface area contributed by atoms with Crippen molar-refractivity contribution in [2.75, 3.05) is 12.4 Å². The van der Waals surface area contributed by atoms with Gasteiger partial charge >= 0.3 is 5.97 Å². The Balaban J connectivity index is 2.25. The van der Waals surface area contributed by atoms with Gasteiger partial charge in [-0.15, -0.1) is 0 Å². The molecule has 2 rings (SSSR count). The van der Waals surface area contributed by atoms with E-state index in [2.05, 4.69) is 5.32 Å². The fourth-order valence-electron chi connectivity index (χ4n) is 2.37. The molecule has 0 spiro atoms. The molecule has 25 heavy (non-hydrogen) atoms. The van der Waals surface area contributed by atoms with E-state index in [0.29, 0.717) is 0 Å². The average Bonchev–Trinajstić information content (AvgIpc) is 2.59. The molecule has 0 aliphatic rings. The molecule has 0 radical (unpaired) electrons. The quantitative estimate of drug-likeness (QED) is 0.785. The van der Waals surface area contributed by atoms with Crippen LogP contribution in [0.25, 0.3) is 0 Å². The maximum atomic E-state index is 12.3. The second-order valence-corrected chi connectivity index (χ2v) is 6.74. The Kier molecular flexibility index (Phi) is 6.04. The molecule has 0 saturated carbocycles. The van der Waals surface area contributed by atoms with Crippen molar-refractivity contribution in [2.45, 2.75) is 38.5 Å². The number of methoxy groups -OCH3 is 1. The SMILES string of the molecule is COc1ccc(N[C@@H](c2ccccc2)[C@@H](O)C(=O)OC(C)(C)C)cc1. The summed E-state index contributed by atoms with van der Waals surface area (Å²) >= 11 is 0. The molecule has 0 aromatic heterocycles. The minimum atomic E-state index is -1.34. The van der Waals surface area contributed by atoms with Gasteiger partial charge in [0.15, 0.2) is 6.10 Å². The van der Waals surface area contributed by atoms with Gasteiger partial charge in [0.05, 0.1) is 13.2 Å². The lowest BCUT2D eigenvalue weighted by molar-refractivity contribution is -0.165. The summed E-state index contributed by atoms with van der Waals surface area (Å²) in [5.74, 6) is 0.0665. The molecular formula is C20H25NO4. The molecule has 2 aromatic rings. The second-order valence-electron chi connectivity index (χ2n) is 6.74. The van der Waals surface area contributed by atoms with Gasteiger partial charge in [-0.25, -0.2) is 4.79 Å². The molecule has 5 heteroatoms. The molecular weight excluding hydrogens is 318 g/mol. The first-order chi connectivity index (χ1) is 11.8. The van der Waals surface area contributed by atoms with Crippen LogP contribution in [0.3, 0.4) is 0 Å². The fraction of sp³-hybridized carbons (Fsp3) is 0.350. The molecule has 0 saturated heterocycles. The minimum absolute atomic E-state index is 0.635. The van der Waals surface area contributed by atoms with Crippen LogP contribution < -0.4 is 10.1 Å². The number of benzene rings is 2. The third-order valence-corrected chi connectivity index (χ3v) is 3.53. The topological polar surface area (TPSA) is 67.8 Å². The molecule has 0 aliphatic carbocycles. The van der Waals surface area contributed by atoms with Gasteiger partial charge in [0, 0.05) is 5.69 Å². The zero-order valence-electron chi connectivity index (χ0n) is 15.0. The highest BCUT2D eigenvalue weighted by Gasteiger charge is 2.31. The first-order valence-corrected chi connectivity index (χ1v) is 8.16. The molecule has 0 bridgehead atoms. The van der Waals surface area contributed by atoms with Gasteiger partial charge in [-0.1, -0.05) is 30.3 Å². The van der Waals surface area contributed by atoms with Crippen LogP contribution in [-0.2, 0) is 9.53 Å². The van der Waals surface area contributed by atoms with Crippen molar-refractivity contribution in [1.29, 1.82) is 0 Å². The summed E-state index contributed by atoms with van der Waals surface area (Å²) in [4.78, 5) is 12.3. The van der Waals surface area contributed by atoms with E-state index in [1.54, 1.807) is 27.9 Å². The van der Waals surface area contributed by atoms with Crippen molar-refractivity contribution in [3.8, 4) is 5.75 Å². The van der Waals surface area contributed by atoms with Gasteiger partial charge in [0.25, 0.3) is 0 Å². The summed E-state index contributed by atoms with van der Waals surface area (Å²) in [6.07, 6.45) is -1.34. The third kappa shape index (κ3) is 5.50. The van der Waals surface area contributed by atoms with Crippen LogP contribution in [0.4, 0.5) is 5.69 Å². The van der Waals surface area contributed by atoms with E-state index in [4.69, 9.17) is 9.47 Å². The standard InChI is InChI=1S/C20H25NO4/c1-20(2,3)25-19(23)18(22)17(14-8-6-5-7-9-14)21-15-10-12-16(24-4)13-11-15/h5-13,17-18,21-22H,1-4H3/t17-,18+/m0/s1. The maximum Gasteiger partial charge on any atom is 0.338 e. The molecule has 0 fully saturated rings. The Hall–Kier alpha value is -2.53. The number of rotatable bonds is 6. The molecule has 2 aromatic carbocycles. The van der Waals surface area contributed by atoms with Crippen molar-refractivity contribution in [1.82, 2.24) is 0 Å². The first-order valence-electron chi connectivity index (χ1n) is 8.16. The molecule has 0 heterocycles.